The summed E-state index contributed by atoms with van der Waals surface area (Å²) >= 11 is 0. The number of rotatable bonds is 8. The highest BCUT2D eigenvalue weighted by Gasteiger charge is 2.42. The number of carbonyl (C=O) groups excluding carboxylic acids is 1. The lowest BCUT2D eigenvalue weighted by molar-refractivity contribution is 0.0730. The Labute approximate surface area is 200 Å². The number of ether oxygens (including phenoxy) is 1. The van der Waals surface area contributed by atoms with E-state index in [4.69, 9.17) is 4.74 Å². The third kappa shape index (κ3) is 4.21. The number of aromatic nitrogens is 2. The van der Waals surface area contributed by atoms with Gasteiger partial charge in [0.25, 0.3) is 5.91 Å². The Bertz CT molecular complexity index is 1280. The van der Waals surface area contributed by atoms with Crippen LogP contribution < -0.4 is 4.74 Å². The molecule has 0 saturated heterocycles. The second-order valence-corrected chi connectivity index (χ2v) is 8.82. The van der Waals surface area contributed by atoms with Gasteiger partial charge in [0, 0.05) is 17.7 Å². The van der Waals surface area contributed by atoms with Crippen molar-refractivity contribution in [2.45, 2.75) is 39.3 Å². The zero-order valence-corrected chi connectivity index (χ0v) is 19.6. The largest absolute Gasteiger partial charge is 0.494 e. The SMILES string of the molecule is CCCCOc1cccc(C2c3c(-c4ccccc4)n[nH]c3C(=O)N2Cc2ccc(C)cc2)c1. The summed E-state index contributed by atoms with van der Waals surface area (Å²) in [4.78, 5) is 15.6. The normalized spacial score (nSPS) is 14.9. The molecule has 0 aliphatic carbocycles. The summed E-state index contributed by atoms with van der Waals surface area (Å²) < 4.78 is 6.00. The molecule has 1 amide bonds. The Morgan fingerprint density at radius 3 is 2.56 bits per heavy atom. The van der Waals surface area contributed by atoms with Crippen LogP contribution in [0.2, 0.25) is 0 Å². The number of H-pyrrole nitrogens is 1. The molecule has 5 rings (SSSR count). The first-order valence-corrected chi connectivity index (χ1v) is 11.9. The molecule has 1 aliphatic heterocycles. The number of carbonyl (C=O) groups is 1. The fraction of sp³-hybridized carbons (Fsp3) is 0.241. The van der Waals surface area contributed by atoms with Gasteiger partial charge in [-0.3, -0.25) is 9.89 Å². The van der Waals surface area contributed by atoms with E-state index in [2.05, 4.69) is 60.4 Å². The lowest BCUT2D eigenvalue weighted by Gasteiger charge is -2.27. The number of fused-ring (bicyclic) bond motifs is 1. The van der Waals surface area contributed by atoms with E-state index in [0.29, 0.717) is 18.8 Å². The Balaban J connectivity index is 1.58. The van der Waals surface area contributed by atoms with E-state index >= 15 is 0 Å². The first kappa shape index (κ1) is 22.0. The molecule has 0 spiro atoms. The maximum absolute atomic E-state index is 13.6. The number of unbranched alkanes of at least 4 members (excludes halogenated alkanes) is 1. The molecule has 5 nitrogen and oxygen atoms in total. The zero-order valence-electron chi connectivity index (χ0n) is 19.6. The van der Waals surface area contributed by atoms with Gasteiger partial charge in [-0.05, 0) is 36.6 Å². The minimum atomic E-state index is -0.257. The quantitative estimate of drug-likeness (QED) is 0.319. The third-order valence-electron chi connectivity index (χ3n) is 6.32. The van der Waals surface area contributed by atoms with Crippen molar-refractivity contribution in [3.8, 4) is 17.0 Å². The van der Waals surface area contributed by atoms with E-state index < -0.39 is 0 Å². The average molecular weight is 452 g/mol. The van der Waals surface area contributed by atoms with Crippen molar-refractivity contribution < 1.29 is 9.53 Å². The first-order valence-electron chi connectivity index (χ1n) is 11.9. The van der Waals surface area contributed by atoms with E-state index in [0.717, 1.165) is 46.5 Å². The van der Waals surface area contributed by atoms with Gasteiger partial charge in [0.1, 0.15) is 11.4 Å². The van der Waals surface area contributed by atoms with E-state index in [-0.39, 0.29) is 11.9 Å². The number of benzene rings is 3. The van der Waals surface area contributed by atoms with Gasteiger partial charge >= 0.3 is 0 Å². The van der Waals surface area contributed by atoms with Crippen LogP contribution in [0.5, 0.6) is 5.75 Å². The highest BCUT2D eigenvalue weighted by molar-refractivity contribution is 6.00. The van der Waals surface area contributed by atoms with E-state index in [9.17, 15) is 4.79 Å². The minimum absolute atomic E-state index is 0.0347. The van der Waals surface area contributed by atoms with Crippen molar-refractivity contribution in [3.63, 3.8) is 0 Å². The lowest BCUT2D eigenvalue weighted by Crippen LogP contribution is -2.29. The van der Waals surface area contributed by atoms with E-state index in [1.165, 1.54) is 5.56 Å². The summed E-state index contributed by atoms with van der Waals surface area (Å²) in [5.74, 6) is 0.791. The standard InChI is InChI=1S/C29H29N3O2/c1-3-4-17-34-24-12-8-11-23(18-24)28-25-26(22-9-6-5-7-10-22)30-31-27(25)29(33)32(28)19-21-15-13-20(2)14-16-21/h5-16,18,28H,3-4,17,19H2,1-2H3,(H,30,31). The number of aromatic amines is 1. The molecule has 5 heteroatoms. The number of nitrogens with one attached hydrogen (secondary N) is 1. The van der Waals surface area contributed by atoms with Crippen molar-refractivity contribution in [2.24, 2.45) is 0 Å². The molecule has 1 unspecified atom stereocenters. The first-order chi connectivity index (χ1) is 16.7. The Morgan fingerprint density at radius 1 is 1.00 bits per heavy atom. The number of hydrogen-bond acceptors (Lipinski definition) is 3. The molecule has 0 fully saturated rings. The molecule has 1 aliphatic rings. The zero-order chi connectivity index (χ0) is 23.5. The van der Waals surface area contributed by atoms with Crippen LogP contribution in [0.1, 0.15) is 58.5 Å². The Hall–Kier alpha value is -3.86. The van der Waals surface area contributed by atoms with Crippen LogP contribution in [-0.4, -0.2) is 27.6 Å². The second-order valence-electron chi connectivity index (χ2n) is 8.82. The molecule has 3 aromatic carbocycles. The van der Waals surface area contributed by atoms with Crippen LogP contribution in [-0.2, 0) is 6.54 Å². The van der Waals surface area contributed by atoms with Crippen molar-refractivity contribution in [3.05, 3.63) is 107 Å². The monoisotopic (exact) mass is 451 g/mol. The molecule has 0 saturated carbocycles. The van der Waals surface area contributed by atoms with E-state index in [1.54, 1.807) is 0 Å². The molecular weight excluding hydrogens is 422 g/mol. The van der Waals surface area contributed by atoms with Crippen molar-refractivity contribution in [1.29, 1.82) is 0 Å². The predicted octanol–water partition coefficient (Wildman–Crippen LogP) is 6.31. The van der Waals surface area contributed by atoms with Crippen LogP contribution in [0.15, 0.2) is 78.9 Å². The summed E-state index contributed by atoms with van der Waals surface area (Å²) in [5.41, 5.74) is 6.61. The van der Waals surface area contributed by atoms with Crippen molar-refractivity contribution in [1.82, 2.24) is 15.1 Å². The maximum atomic E-state index is 13.6. The Kier molecular flexibility index (Phi) is 6.17. The smallest absolute Gasteiger partial charge is 0.273 e. The van der Waals surface area contributed by atoms with Crippen LogP contribution in [0.4, 0.5) is 0 Å². The van der Waals surface area contributed by atoms with Crippen LogP contribution >= 0.6 is 0 Å². The average Bonchev–Trinajstić information content (AvgIpc) is 3.40. The van der Waals surface area contributed by atoms with Gasteiger partial charge in [0.05, 0.1) is 18.3 Å². The van der Waals surface area contributed by atoms with Gasteiger partial charge in [-0.15, -0.1) is 0 Å². The van der Waals surface area contributed by atoms with Crippen LogP contribution in [0.25, 0.3) is 11.3 Å². The highest BCUT2D eigenvalue weighted by atomic mass is 16.5. The lowest BCUT2D eigenvalue weighted by atomic mass is 9.95. The maximum Gasteiger partial charge on any atom is 0.273 e. The molecule has 1 N–H and O–H groups in total. The van der Waals surface area contributed by atoms with Gasteiger partial charge < -0.3 is 9.64 Å². The van der Waals surface area contributed by atoms with Gasteiger partial charge in [0.15, 0.2) is 0 Å². The molecule has 172 valence electrons. The van der Waals surface area contributed by atoms with E-state index in [1.807, 2.05) is 47.4 Å². The molecule has 0 bridgehead atoms. The number of hydrogen-bond donors (Lipinski definition) is 1. The Morgan fingerprint density at radius 2 is 1.79 bits per heavy atom. The summed E-state index contributed by atoms with van der Waals surface area (Å²) in [5, 5.41) is 7.61. The van der Waals surface area contributed by atoms with Crippen molar-refractivity contribution >= 4 is 5.91 Å². The summed E-state index contributed by atoms with van der Waals surface area (Å²) in [7, 11) is 0. The molecule has 2 heterocycles. The fourth-order valence-corrected chi connectivity index (χ4v) is 4.52. The molecule has 34 heavy (non-hydrogen) atoms. The topological polar surface area (TPSA) is 58.2 Å². The molecule has 4 aromatic rings. The third-order valence-corrected chi connectivity index (χ3v) is 6.32. The summed E-state index contributed by atoms with van der Waals surface area (Å²) in [6.45, 7) is 5.42. The van der Waals surface area contributed by atoms with Gasteiger partial charge in [-0.2, -0.15) is 5.10 Å². The highest BCUT2D eigenvalue weighted by Crippen LogP contribution is 2.44. The number of amides is 1. The molecule has 1 atom stereocenters. The predicted molar refractivity (Wildman–Crippen MR) is 134 cm³/mol. The van der Waals surface area contributed by atoms with Gasteiger partial charge in [-0.25, -0.2) is 0 Å². The number of nitrogens with zero attached hydrogens (tertiary/aromatic N) is 2. The molecular formula is C29H29N3O2. The van der Waals surface area contributed by atoms with Gasteiger partial charge in [-0.1, -0.05) is 85.6 Å². The van der Waals surface area contributed by atoms with Crippen molar-refractivity contribution in [2.75, 3.05) is 6.61 Å². The summed E-state index contributed by atoms with van der Waals surface area (Å²) in [6.07, 6.45) is 2.09. The second kappa shape index (κ2) is 9.56. The molecule has 1 aromatic heterocycles. The number of aryl methyl sites for hydroxylation is 1. The summed E-state index contributed by atoms with van der Waals surface area (Å²) in [6, 6.07) is 26.3. The van der Waals surface area contributed by atoms with Crippen LogP contribution in [0, 0.1) is 6.92 Å². The minimum Gasteiger partial charge on any atom is -0.494 e. The molecule has 0 radical (unpaired) electrons. The fourth-order valence-electron chi connectivity index (χ4n) is 4.52. The van der Waals surface area contributed by atoms with Gasteiger partial charge in [0.2, 0.25) is 0 Å². The van der Waals surface area contributed by atoms with Crippen LogP contribution in [0.3, 0.4) is 0 Å².